The standard InChI is InChI=1S/C22H33N5O4/c1-12-7-16-17(8-13(12)2)27(11-19(29)21(30)18(28)9-23)22(31)20(25-16)15(4)24-14(3)10-26(5)6/h7-8,18-19,21,28-30H,3,9-11,23H2,1-2,4-6H3/t18-,19+,21-/m1/s1. The van der Waals surface area contributed by atoms with Gasteiger partial charge in [-0.15, -0.1) is 0 Å². The van der Waals surface area contributed by atoms with Gasteiger partial charge in [-0.25, -0.2) is 4.98 Å². The van der Waals surface area contributed by atoms with Crippen LogP contribution < -0.4 is 11.3 Å². The van der Waals surface area contributed by atoms with Crippen molar-refractivity contribution in [1.29, 1.82) is 0 Å². The molecule has 0 fully saturated rings. The van der Waals surface area contributed by atoms with Crippen LogP contribution in [0.1, 0.15) is 23.7 Å². The van der Waals surface area contributed by atoms with Gasteiger partial charge in [-0.2, -0.15) is 0 Å². The summed E-state index contributed by atoms with van der Waals surface area (Å²) in [6.07, 6.45) is -4.21. The molecule has 2 aromatic rings. The van der Waals surface area contributed by atoms with Crippen LogP contribution in [0.15, 0.2) is 34.2 Å². The zero-order valence-corrected chi connectivity index (χ0v) is 18.8. The zero-order chi connectivity index (χ0) is 23.5. The van der Waals surface area contributed by atoms with Crippen molar-refractivity contribution in [2.45, 2.75) is 45.6 Å². The molecule has 3 atom stereocenters. The van der Waals surface area contributed by atoms with Gasteiger partial charge in [0.05, 0.1) is 29.4 Å². The van der Waals surface area contributed by atoms with Gasteiger partial charge in [-0.3, -0.25) is 9.79 Å². The Morgan fingerprint density at radius 2 is 1.84 bits per heavy atom. The number of aliphatic hydroxyl groups excluding tert-OH is 3. The van der Waals surface area contributed by atoms with E-state index in [2.05, 4.69) is 16.6 Å². The summed E-state index contributed by atoms with van der Waals surface area (Å²) in [5.41, 5.74) is 9.08. The second-order valence-corrected chi connectivity index (χ2v) is 8.16. The smallest absolute Gasteiger partial charge is 0.278 e. The van der Waals surface area contributed by atoms with E-state index in [9.17, 15) is 20.1 Å². The lowest BCUT2D eigenvalue weighted by Crippen LogP contribution is -2.45. The summed E-state index contributed by atoms with van der Waals surface area (Å²) in [7, 11) is 3.79. The van der Waals surface area contributed by atoms with Crippen LogP contribution in [0.3, 0.4) is 0 Å². The van der Waals surface area contributed by atoms with Crippen molar-refractivity contribution in [2.24, 2.45) is 10.7 Å². The van der Waals surface area contributed by atoms with Gasteiger partial charge in [0.25, 0.3) is 5.56 Å². The number of fused-ring (bicyclic) bond motifs is 1. The van der Waals surface area contributed by atoms with Crippen LogP contribution in [0, 0.1) is 13.8 Å². The molecule has 2 rings (SSSR count). The van der Waals surface area contributed by atoms with E-state index in [1.54, 1.807) is 6.92 Å². The third-order valence-electron chi connectivity index (χ3n) is 5.13. The highest BCUT2D eigenvalue weighted by Crippen LogP contribution is 2.18. The van der Waals surface area contributed by atoms with E-state index in [0.29, 0.717) is 29.0 Å². The van der Waals surface area contributed by atoms with Crippen molar-refractivity contribution in [3.8, 4) is 0 Å². The molecule has 0 unspecified atom stereocenters. The first-order valence-corrected chi connectivity index (χ1v) is 10.1. The van der Waals surface area contributed by atoms with Gasteiger partial charge in [-0.05, 0) is 58.1 Å². The Morgan fingerprint density at radius 3 is 2.42 bits per heavy atom. The van der Waals surface area contributed by atoms with Crippen LogP contribution >= 0.6 is 0 Å². The number of benzene rings is 1. The van der Waals surface area contributed by atoms with Crippen molar-refractivity contribution in [3.05, 3.63) is 51.6 Å². The molecule has 0 bridgehead atoms. The maximum absolute atomic E-state index is 13.3. The first-order valence-electron chi connectivity index (χ1n) is 10.1. The molecule has 1 aromatic carbocycles. The Bertz CT molecular complexity index is 1040. The molecule has 170 valence electrons. The monoisotopic (exact) mass is 431 g/mol. The lowest BCUT2D eigenvalue weighted by atomic mass is 10.1. The molecular formula is C22H33N5O4. The molecule has 31 heavy (non-hydrogen) atoms. The number of aromatic nitrogens is 2. The fraction of sp³-hybridized carbons (Fsp3) is 0.500. The van der Waals surface area contributed by atoms with Crippen molar-refractivity contribution >= 4 is 16.7 Å². The molecule has 9 nitrogen and oxygen atoms in total. The van der Waals surface area contributed by atoms with Gasteiger partial charge in [0, 0.05) is 18.8 Å². The minimum Gasteiger partial charge on any atom is -0.389 e. The predicted molar refractivity (Wildman–Crippen MR) is 122 cm³/mol. The number of aryl methyl sites for hydroxylation is 2. The molecule has 9 heteroatoms. The maximum atomic E-state index is 13.3. The number of nitrogens with zero attached hydrogens (tertiary/aromatic N) is 4. The van der Waals surface area contributed by atoms with Gasteiger partial charge in [-0.1, -0.05) is 6.58 Å². The lowest BCUT2D eigenvalue weighted by molar-refractivity contribution is -0.0605. The number of aliphatic imine (C=N–C) groups is 1. The lowest BCUT2D eigenvalue weighted by Gasteiger charge is -2.23. The summed E-state index contributed by atoms with van der Waals surface area (Å²) >= 11 is 0. The van der Waals surface area contributed by atoms with Crippen molar-refractivity contribution in [3.63, 3.8) is 0 Å². The molecule has 0 amide bonds. The SMILES string of the molecule is C=C(CN(C)C)N=C(C)c1nc2cc(C)c(C)cc2n(C[C@H](O)[C@H](O)[C@H](O)CN)c1=O. The normalized spacial score (nSPS) is 15.4. The quantitative estimate of drug-likeness (QED) is 0.408. The van der Waals surface area contributed by atoms with Gasteiger partial charge in [0.1, 0.15) is 12.2 Å². The van der Waals surface area contributed by atoms with E-state index < -0.39 is 23.9 Å². The van der Waals surface area contributed by atoms with Crippen LogP contribution in [0.5, 0.6) is 0 Å². The summed E-state index contributed by atoms with van der Waals surface area (Å²) in [4.78, 5) is 24.2. The molecule has 0 radical (unpaired) electrons. The minimum absolute atomic E-state index is 0.136. The van der Waals surface area contributed by atoms with Crippen LogP contribution in [-0.4, -0.2) is 81.0 Å². The number of hydrogen-bond acceptors (Lipinski definition) is 8. The Kier molecular flexibility index (Phi) is 8.21. The van der Waals surface area contributed by atoms with Gasteiger partial charge in [0.15, 0.2) is 5.69 Å². The van der Waals surface area contributed by atoms with Crippen molar-refractivity contribution in [1.82, 2.24) is 14.5 Å². The molecule has 0 spiro atoms. The summed E-state index contributed by atoms with van der Waals surface area (Å²) < 4.78 is 1.36. The topological polar surface area (TPSA) is 137 Å². The largest absolute Gasteiger partial charge is 0.389 e. The minimum atomic E-state index is -1.50. The van der Waals surface area contributed by atoms with Gasteiger partial charge >= 0.3 is 0 Å². The van der Waals surface area contributed by atoms with E-state index >= 15 is 0 Å². The number of hydrogen-bond donors (Lipinski definition) is 4. The third-order valence-corrected chi connectivity index (χ3v) is 5.13. The Morgan fingerprint density at radius 1 is 1.23 bits per heavy atom. The predicted octanol–water partition coefficient (Wildman–Crippen LogP) is -0.0610. The van der Waals surface area contributed by atoms with Crippen LogP contribution in [0.4, 0.5) is 0 Å². The Labute approximate surface area is 182 Å². The fourth-order valence-electron chi connectivity index (χ4n) is 3.30. The number of rotatable bonds is 9. The summed E-state index contributed by atoms with van der Waals surface area (Å²) in [6, 6.07) is 3.68. The van der Waals surface area contributed by atoms with E-state index in [1.807, 2.05) is 45.0 Å². The average Bonchev–Trinajstić information content (AvgIpc) is 2.69. The number of aliphatic hydroxyl groups is 3. The summed E-state index contributed by atoms with van der Waals surface area (Å²) in [5, 5.41) is 30.4. The highest BCUT2D eigenvalue weighted by molar-refractivity contribution is 5.98. The maximum Gasteiger partial charge on any atom is 0.278 e. The van der Waals surface area contributed by atoms with E-state index in [4.69, 9.17) is 5.73 Å². The van der Waals surface area contributed by atoms with Crippen LogP contribution in [0.2, 0.25) is 0 Å². The zero-order valence-electron chi connectivity index (χ0n) is 18.8. The van der Waals surface area contributed by atoms with Crippen LogP contribution in [-0.2, 0) is 6.54 Å². The average molecular weight is 432 g/mol. The fourth-order valence-corrected chi connectivity index (χ4v) is 3.30. The van der Waals surface area contributed by atoms with Crippen LogP contribution in [0.25, 0.3) is 11.0 Å². The molecule has 0 aliphatic carbocycles. The number of likely N-dealkylation sites (N-methyl/N-ethyl adjacent to an activating group) is 1. The molecule has 0 saturated carbocycles. The second kappa shape index (κ2) is 10.3. The molecule has 5 N–H and O–H groups in total. The van der Waals surface area contributed by atoms with E-state index in [0.717, 1.165) is 11.1 Å². The third kappa shape index (κ3) is 5.84. The van der Waals surface area contributed by atoms with Crippen molar-refractivity contribution in [2.75, 3.05) is 27.2 Å². The van der Waals surface area contributed by atoms with E-state index in [-0.39, 0.29) is 18.8 Å². The van der Waals surface area contributed by atoms with E-state index in [1.165, 1.54) is 4.57 Å². The van der Waals surface area contributed by atoms with Gasteiger partial charge in [0.2, 0.25) is 0 Å². The Balaban J connectivity index is 2.64. The van der Waals surface area contributed by atoms with Gasteiger partial charge < -0.3 is 30.5 Å². The van der Waals surface area contributed by atoms with Crippen molar-refractivity contribution < 1.29 is 15.3 Å². The number of nitrogens with two attached hydrogens (primary N) is 1. The molecule has 0 saturated heterocycles. The first kappa shape index (κ1) is 24.8. The molecule has 0 aliphatic heterocycles. The molecule has 0 aliphatic rings. The first-order chi connectivity index (χ1) is 14.5. The Hall–Kier alpha value is -2.43. The molecule has 1 aromatic heterocycles. The molecule has 1 heterocycles. The summed E-state index contributed by atoms with van der Waals surface area (Å²) in [6.45, 7) is 9.54. The highest BCUT2D eigenvalue weighted by Gasteiger charge is 2.26. The summed E-state index contributed by atoms with van der Waals surface area (Å²) in [5.74, 6) is 0. The molecular weight excluding hydrogens is 398 g/mol. The second-order valence-electron chi connectivity index (χ2n) is 8.16. The highest BCUT2D eigenvalue weighted by atomic mass is 16.4.